The van der Waals surface area contributed by atoms with E-state index < -0.39 is 35.6 Å². The highest BCUT2D eigenvalue weighted by molar-refractivity contribution is 5.99. The molecule has 2 rings (SSSR count). The molecule has 2 aromatic carbocycles. The summed E-state index contributed by atoms with van der Waals surface area (Å²) in [4.78, 5) is 41.9. The van der Waals surface area contributed by atoms with Gasteiger partial charge in [0.05, 0.1) is 6.07 Å². The third kappa shape index (κ3) is 8.07. The third-order valence-corrected chi connectivity index (χ3v) is 6.36. The van der Waals surface area contributed by atoms with E-state index in [1.165, 1.54) is 4.90 Å². The van der Waals surface area contributed by atoms with Gasteiger partial charge in [0.25, 0.3) is 5.91 Å². The molecule has 3 amide bonds. The summed E-state index contributed by atoms with van der Waals surface area (Å²) in [5, 5.41) is 15.4. The van der Waals surface area contributed by atoms with E-state index in [1.807, 2.05) is 77.1 Å². The first-order chi connectivity index (χ1) is 17.8. The molecule has 0 bridgehead atoms. The van der Waals surface area contributed by atoms with Crippen molar-refractivity contribution in [2.75, 3.05) is 11.9 Å². The summed E-state index contributed by atoms with van der Waals surface area (Å²) < 4.78 is 5.40. The van der Waals surface area contributed by atoms with E-state index in [1.54, 1.807) is 26.8 Å². The van der Waals surface area contributed by atoms with Crippen molar-refractivity contribution in [3.63, 3.8) is 0 Å². The van der Waals surface area contributed by atoms with Crippen molar-refractivity contribution in [3.8, 4) is 6.07 Å². The Morgan fingerprint density at radius 3 is 2.26 bits per heavy atom. The van der Waals surface area contributed by atoms with Crippen molar-refractivity contribution < 1.29 is 19.1 Å². The summed E-state index contributed by atoms with van der Waals surface area (Å²) >= 11 is 0. The average Bonchev–Trinajstić information content (AvgIpc) is 2.83. The molecule has 0 aliphatic carbocycles. The smallest absolute Gasteiger partial charge is 0.408 e. The van der Waals surface area contributed by atoms with Crippen LogP contribution < -0.4 is 10.6 Å². The second kappa shape index (κ2) is 13.1. The normalized spacial score (nSPS) is 13.4. The van der Waals surface area contributed by atoms with Crippen LogP contribution in [0.25, 0.3) is 0 Å². The zero-order valence-electron chi connectivity index (χ0n) is 23.7. The number of carbonyl (C=O) groups is 3. The van der Waals surface area contributed by atoms with Gasteiger partial charge in [-0.1, -0.05) is 62.2 Å². The quantitative estimate of drug-likeness (QED) is 0.419. The number of aryl methyl sites for hydroxylation is 3. The van der Waals surface area contributed by atoms with Gasteiger partial charge in [0.15, 0.2) is 0 Å². The molecule has 8 heteroatoms. The van der Waals surface area contributed by atoms with E-state index in [-0.39, 0.29) is 12.5 Å². The summed E-state index contributed by atoms with van der Waals surface area (Å²) in [6, 6.07) is 12.9. The molecule has 0 radical (unpaired) electrons. The number of hydrogen-bond donors (Lipinski definition) is 2. The molecule has 0 spiro atoms. The fraction of sp³-hybridized carbons (Fsp3) is 0.467. The largest absolute Gasteiger partial charge is 0.444 e. The summed E-state index contributed by atoms with van der Waals surface area (Å²) in [6.45, 7) is 14.3. The lowest BCUT2D eigenvalue weighted by molar-refractivity contribution is -0.141. The van der Waals surface area contributed by atoms with Crippen LogP contribution in [0, 0.1) is 38.0 Å². The maximum atomic E-state index is 14.1. The van der Waals surface area contributed by atoms with Gasteiger partial charge in [-0.15, -0.1) is 0 Å². The lowest BCUT2D eigenvalue weighted by atomic mass is 9.93. The topological polar surface area (TPSA) is 112 Å². The summed E-state index contributed by atoms with van der Waals surface area (Å²) in [5.41, 5.74) is 3.14. The number of rotatable bonds is 9. The van der Waals surface area contributed by atoms with Crippen molar-refractivity contribution >= 4 is 23.6 Å². The highest BCUT2D eigenvalue weighted by Gasteiger charge is 2.38. The van der Waals surface area contributed by atoms with Crippen LogP contribution in [0.4, 0.5) is 10.5 Å². The van der Waals surface area contributed by atoms with Gasteiger partial charge in [0, 0.05) is 5.69 Å². The van der Waals surface area contributed by atoms with Crippen LogP contribution >= 0.6 is 0 Å². The molecule has 3 atom stereocenters. The van der Waals surface area contributed by atoms with Crippen LogP contribution in [0.1, 0.15) is 69.3 Å². The first-order valence-corrected chi connectivity index (χ1v) is 12.9. The maximum absolute atomic E-state index is 14.1. The summed E-state index contributed by atoms with van der Waals surface area (Å²) in [7, 11) is 0. The fourth-order valence-electron chi connectivity index (χ4n) is 4.17. The van der Waals surface area contributed by atoms with E-state index in [0.717, 1.165) is 16.7 Å². The van der Waals surface area contributed by atoms with Crippen LogP contribution in [0.3, 0.4) is 0 Å². The number of nitrogens with zero attached hydrogens (tertiary/aromatic N) is 2. The van der Waals surface area contributed by atoms with E-state index in [9.17, 15) is 19.6 Å². The zero-order chi connectivity index (χ0) is 28.6. The SMILES string of the molecule is CCC(C)C(NC(=O)OC(C)(C)C)C(=O)N(CC#N)C(C(=O)Nc1ccccc1C)c1ccc(C)cc1C. The molecule has 3 unspecified atom stereocenters. The number of carbonyl (C=O) groups excluding carboxylic acids is 3. The number of ether oxygens (including phenoxy) is 1. The molecule has 0 heterocycles. The van der Waals surface area contributed by atoms with Crippen molar-refractivity contribution in [1.29, 1.82) is 5.26 Å². The van der Waals surface area contributed by atoms with Gasteiger partial charge in [-0.2, -0.15) is 5.26 Å². The first-order valence-electron chi connectivity index (χ1n) is 12.9. The number of nitrogens with one attached hydrogen (secondary N) is 2. The average molecular weight is 521 g/mol. The minimum absolute atomic E-state index is 0.282. The second-order valence-corrected chi connectivity index (χ2v) is 10.7. The fourth-order valence-corrected chi connectivity index (χ4v) is 4.17. The Morgan fingerprint density at radius 2 is 1.71 bits per heavy atom. The lowest BCUT2D eigenvalue weighted by Gasteiger charge is -2.35. The molecule has 204 valence electrons. The van der Waals surface area contributed by atoms with Crippen LogP contribution in [0.2, 0.25) is 0 Å². The molecule has 0 aliphatic rings. The zero-order valence-corrected chi connectivity index (χ0v) is 23.7. The number of nitriles is 1. The molecule has 0 aliphatic heterocycles. The predicted octanol–water partition coefficient (Wildman–Crippen LogP) is 5.58. The Balaban J connectivity index is 2.59. The second-order valence-electron chi connectivity index (χ2n) is 10.7. The maximum Gasteiger partial charge on any atom is 0.408 e. The number of hydrogen-bond acceptors (Lipinski definition) is 5. The van der Waals surface area contributed by atoms with E-state index >= 15 is 0 Å². The lowest BCUT2D eigenvalue weighted by Crippen LogP contribution is -2.54. The molecule has 0 saturated carbocycles. The number of alkyl carbamates (subject to hydrolysis) is 1. The minimum atomic E-state index is -1.10. The Kier molecular flexibility index (Phi) is 10.5. The van der Waals surface area contributed by atoms with Gasteiger partial charge in [-0.3, -0.25) is 9.59 Å². The number of anilines is 1. The van der Waals surface area contributed by atoms with Gasteiger partial charge in [-0.05, 0) is 70.2 Å². The first kappa shape index (κ1) is 30.4. The molecular formula is C30H40N4O4. The van der Waals surface area contributed by atoms with Gasteiger partial charge in [-0.25, -0.2) is 4.79 Å². The number of para-hydroxylation sites is 1. The minimum Gasteiger partial charge on any atom is -0.444 e. The van der Waals surface area contributed by atoms with Crippen LogP contribution in [0.15, 0.2) is 42.5 Å². The van der Waals surface area contributed by atoms with Crippen molar-refractivity contribution in [1.82, 2.24) is 10.2 Å². The molecule has 0 saturated heterocycles. The Bertz CT molecular complexity index is 1200. The summed E-state index contributed by atoms with van der Waals surface area (Å²) in [5.74, 6) is -1.26. The standard InChI is InChI=1S/C30H40N4O4/c1-9-20(3)25(33-29(37)38-30(6,7)8)28(36)34(17-16-31)26(23-15-14-19(2)18-22(23)5)27(35)32-24-13-11-10-12-21(24)4/h10-15,18,20,25-26H,9,17H2,1-8H3,(H,32,35)(H,33,37). The molecule has 2 N–H and O–H groups in total. The Hall–Kier alpha value is -3.86. The highest BCUT2D eigenvalue weighted by Crippen LogP contribution is 2.29. The molecule has 8 nitrogen and oxygen atoms in total. The molecule has 2 aromatic rings. The van der Waals surface area contributed by atoms with Gasteiger partial charge in [0.2, 0.25) is 5.91 Å². The Labute approximate surface area is 226 Å². The monoisotopic (exact) mass is 520 g/mol. The summed E-state index contributed by atoms with van der Waals surface area (Å²) in [6.07, 6.45) is -0.156. The van der Waals surface area contributed by atoms with Crippen molar-refractivity contribution in [2.45, 2.75) is 79.5 Å². The van der Waals surface area contributed by atoms with E-state index in [2.05, 4.69) is 10.6 Å². The molecule has 0 aromatic heterocycles. The van der Waals surface area contributed by atoms with Gasteiger partial charge in [0.1, 0.15) is 24.2 Å². The van der Waals surface area contributed by atoms with Crippen molar-refractivity contribution in [2.24, 2.45) is 5.92 Å². The molecular weight excluding hydrogens is 480 g/mol. The van der Waals surface area contributed by atoms with Crippen LogP contribution in [-0.4, -0.2) is 41.0 Å². The van der Waals surface area contributed by atoms with Crippen molar-refractivity contribution in [3.05, 3.63) is 64.7 Å². The van der Waals surface area contributed by atoms with Gasteiger partial charge < -0.3 is 20.3 Å². The van der Waals surface area contributed by atoms with Crippen LogP contribution in [0.5, 0.6) is 0 Å². The van der Waals surface area contributed by atoms with Crippen LogP contribution in [-0.2, 0) is 14.3 Å². The Morgan fingerprint density at radius 1 is 1.05 bits per heavy atom. The molecule has 0 fully saturated rings. The number of amides is 3. The highest BCUT2D eigenvalue weighted by atomic mass is 16.6. The van der Waals surface area contributed by atoms with E-state index in [4.69, 9.17) is 4.74 Å². The predicted molar refractivity (Wildman–Crippen MR) is 148 cm³/mol. The third-order valence-electron chi connectivity index (χ3n) is 6.36. The number of benzene rings is 2. The van der Waals surface area contributed by atoms with Gasteiger partial charge >= 0.3 is 6.09 Å². The molecule has 38 heavy (non-hydrogen) atoms. The van der Waals surface area contributed by atoms with E-state index in [0.29, 0.717) is 17.7 Å².